The molecule has 19 heavy (non-hydrogen) atoms. The number of benzene rings is 2. The van der Waals surface area contributed by atoms with E-state index in [2.05, 4.69) is 66.5 Å². The van der Waals surface area contributed by atoms with E-state index in [1.54, 1.807) is 0 Å². The molecule has 0 radical (unpaired) electrons. The highest BCUT2D eigenvalue weighted by Gasteiger charge is 2.03. The van der Waals surface area contributed by atoms with Crippen molar-refractivity contribution in [3.05, 3.63) is 65.7 Å². The maximum absolute atomic E-state index is 5.86. The molecule has 0 aliphatic carbocycles. The third kappa shape index (κ3) is 3.83. The second kappa shape index (κ2) is 6.39. The summed E-state index contributed by atoms with van der Waals surface area (Å²) in [6, 6.07) is 19.2. The topological polar surface area (TPSA) is 29.3 Å². The van der Waals surface area contributed by atoms with Crippen LogP contribution in [0.15, 0.2) is 54.6 Å². The number of hydrogen-bond donors (Lipinski definition) is 1. The Morgan fingerprint density at radius 2 is 1.63 bits per heavy atom. The van der Waals surface area contributed by atoms with Crippen molar-refractivity contribution in [2.75, 3.05) is 18.5 Å². The summed E-state index contributed by atoms with van der Waals surface area (Å²) in [7, 11) is 2.13. The van der Waals surface area contributed by atoms with E-state index in [9.17, 15) is 0 Å². The first kappa shape index (κ1) is 13.6. The lowest BCUT2D eigenvalue weighted by Crippen LogP contribution is -2.20. The van der Waals surface area contributed by atoms with Crippen molar-refractivity contribution < 1.29 is 0 Å². The highest BCUT2D eigenvalue weighted by Crippen LogP contribution is 2.17. The Bertz CT molecular complexity index is 488. The van der Waals surface area contributed by atoms with Crippen molar-refractivity contribution in [2.45, 2.75) is 19.4 Å². The summed E-state index contributed by atoms with van der Waals surface area (Å²) in [6.07, 6.45) is 1.06. The summed E-state index contributed by atoms with van der Waals surface area (Å²) in [4.78, 5) is 2.28. The largest absolute Gasteiger partial charge is 0.374 e. The van der Waals surface area contributed by atoms with Crippen LogP contribution in [0.3, 0.4) is 0 Å². The Kier molecular flexibility index (Phi) is 4.58. The van der Waals surface area contributed by atoms with E-state index < -0.39 is 0 Å². The summed E-state index contributed by atoms with van der Waals surface area (Å²) in [6.45, 7) is 3.02. The Morgan fingerprint density at radius 1 is 1.00 bits per heavy atom. The number of nitrogens with two attached hydrogens (primary N) is 1. The van der Waals surface area contributed by atoms with Crippen molar-refractivity contribution in [1.29, 1.82) is 0 Å². The zero-order valence-electron chi connectivity index (χ0n) is 11.7. The van der Waals surface area contributed by atoms with Gasteiger partial charge in [0, 0.05) is 25.3 Å². The van der Waals surface area contributed by atoms with Gasteiger partial charge < -0.3 is 10.6 Å². The number of anilines is 1. The van der Waals surface area contributed by atoms with E-state index >= 15 is 0 Å². The van der Waals surface area contributed by atoms with Crippen molar-refractivity contribution in [2.24, 2.45) is 5.73 Å². The molecule has 2 aromatic carbocycles. The molecule has 0 bridgehead atoms. The first-order chi connectivity index (χ1) is 9.16. The smallest absolute Gasteiger partial charge is 0.0363 e. The van der Waals surface area contributed by atoms with Gasteiger partial charge in [-0.2, -0.15) is 0 Å². The Hall–Kier alpha value is -1.80. The van der Waals surface area contributed by atoms with Gasteiger partial charge in [0.05, 0.1) is 0 Å². The molecule has 1 atom stereocenters. The molecule has 0 saturated heterocycles. The average Bonchev–Trinajstić information content (AvgIpc) is 2.46. The zero-order chi connectivity index (χ0) is 13.7. The van der Waals surface area contributed by atoms with Gasteiger partial charge in [-0.15, -0.1) is 0 Å². The fourth-order valence-electron chi connectivity index (χ4n) is 2.10. The van der Waals surface area contributed by atoms with Gasteiger partial charge >= 0.3 is 0 Å². The van der Waals surface area contributed by atoms with Gasteiger partial charge in [-0.3, -0.25) is 0 Å². The summed E-state index contributed by atoms with van der Waals surface area (Å²) in [5.41, 5.74) is 9.65. The highest BCUT2D eigenvalue weighted by molar-refractivity contribution is 5.47. The van der Waals surface area contributed by atoms with E-state index in [0.717, 1.165) is 13.0 Å². The molecule has 2 heteroatoms. The number of hydrogen-bond acceptors (Lipinski definition) is 2. The molecule has 2 aromatic rings. The normalized spacial score (nSPS) is 12.2. The van der Waals surface area contributed by atoms with Crippen molar-refractivity contribution in [3.8, 4) is 0 Å². The van der Waals surface area contributed by atoms with Crippen LogP contribution in [-0.4, -0.2) is 13.6 Å². The van der Waals surface area contributed by atoms with E-state index in [1.165, 1.54) is 16.8 Å². The lowest BCUT2D eigenvalue weighted by Gasteiger charge is -2.20. The maximum atomic E-state index is 5.86. The summed E-state index contributed by atoms with van der Waals surface area (Å²) in [5.74, 6) is 0. The van der Waals surface area contributed by atoms with Gasteiger partial charge in [0.15, 0.2) is 0 Å². The van der Waals surface area contributed by atoms with Gasteiger partial charge in [-0.1, -0.05) is 42.5 Å². The lowest BCUT2D eigenvalue weighted by atomic mass is 10.1. The van der Waals surface area contributed by atoms with Crippen LogP contribution in [0.5, 0.6) is 0 Å². The van der Waals surface area contributed by atoms with Crippen molar-refractivity contribution >= 4 is 5.69 Å². The summed E-state index contributed by atoms with van der Waals surface area (Å²) in [5, 5.41) is 0. The van der Waals surface area contributed by atoms with Crippen LogP contribution in [0.4, 0.5) is 5.69 Å². The van der Waals surface area contributed by atoms with E-state index in [-0.39, 0.29) is 6.04 Å². The monoisotopic (exact) mass is 254 g/mol. The average molecular weight is 254 g/mol. The van der Waals surface area contributed by atoms with Gasteiger partial charge in [0.25, 0.3) is 0 Å². The molecule has 0 unspecified atom stereocenters. The predicted molar refractivity (Wildman–Crippen MR) is 82.5 cm³/mol. The quantitative estimate of drug-likeness (QED) is 0.886. The van der Waals surface area contributed by atoms with Crippen molar-refractivity contribution in [1.82, 2.24) is 0 Å². The molecule has 0 spiro atoms. The van der Waals surface area contributed by atoms with E-state index in [4.69, 9.17) is 5.73 Å². The minimum atomic E-state index is 0.101. The minimum absolute atomic E-state index is 0.101. The molecule has 0 aliphatic rings. The second-order valence-electron chi connectivity index (χ2n) is 5.04. The second-order valence-corrected chi connectivity index (χ2v) is 5.04. The van der Waals surface area contributed by atoms with Crippen LogP contribution in [0.25, 0.3) is 0 Å². The molecule has 2 N–H and O–H groups in total. The fraction of sp³-hybridized carbons (Fsp3) is 0.294. The molecular weight excluding hydrogens is 232 g/mol. The summed E-state index contributed by atoms with van der Waals surface area (Å²) >= 11 is 0. The van der Waals surface area contributed by atoms with Crippen molar-refractivity contribution in [3.63, 3.8) is 0 Å². The molecule has 0 aromatic heterocycles. The van der Waals surface area contributed by atoms with E-state index in [1.807, 2.05) is 6.92 Å². The summed E-state index contributed by atoms with van der Waals surface area (Å²) < 4.78 is 0. The predicted octanol–water partition coefficient (Wildman–Crippen LogP) is 3.39. The first-order valence-corrected chi connectivity index (χ1v) is 6.77. The molecular formula is C17H22N2. The third-order valence-electron chi connectivity index (χ3n) is 3.44. The van der Waals surface area contributed by atoms with Crippen LogP contribution in [0.1, 0.15) is 24.1 Å². The van der Waals surface area contributed by atoms with Gasteiger partial charge in [-0.05, 0) is 36.6 Å². The van der Waals surface area contributed by atoms with E-state index in [0.29, 0.717) is 0 Å². The molecule has 0 heterocycles. The van der Waals surface area contributed by atoms with Crippen LogP contribution < -0.4 is 10.6 Å². The molecule has 2 nitrogen and oxygen atoms in total. The Labute approximate surface area is 115 Å². The molecule has 0 fully saturated rings. The standard InChI is InChI=1S/C17H22N2/c1-14(18)16-8-10-17(11-9-16)19(2)13-12-15-6-4-3-5-7-15/h3-11,14H,12-13,18H2,1-2H3/t14-/m1/s1. The third-order valence-corrected chi connectivity index (χ3v) is 3.44. The molecule has 2 rings (SSSR count). The van der Waals surface area contributed by atoms with Crippen LogP contribution in [0, 0.1) is 0 Å². The minimum Gasteiger partial charge on any atom is -0.374 e. The van der Waals surface area contributed by atoms with Crippen LogP contribution in [-0.2, 0) is 6.42 Å². The number of likely N-dealkylation sites (N-methyl/N-ethyl adjacent to an activating group) is 1. The lowest BCUT2D eigenvalue weighted by molar-refractivity contribution is 0.816. The Balaban J connectivity index is 1.94. The highest BCUT2D eigenvalue weighted by atomic mass is 15.1. The Morgan fingerprint density at radius 3 is 2.21 bits per heavy atom. The maximum Gasteiger partial charge on any atom is 0.0363 e. The SMILES string of the molecule is C[C@@H](N)c1ccc(N(C)CCc2ccccc2)cc1. The molecule has 0 aliphatic heterocycles. The first-order valence-electron chi connectivity index (χ1n) is 6.77. The number of rotatable bonds is 5. The zero-order valence-corrected chi connectivity index (χ0v) is 11.7. The van der Waals surface area contributed by atoms with Gasteiger partial charge in [0.2, 0.25) is 0 Å². The van der Waals surface area contributed by atoms with Crippen LogP contribution in [0.2, 0.25) is 0 Å². The van der Waals surface area contributed by atoms with Crippen LogP contribution >= 0.6 is 0 Å². The molecule has 0 saturated carbocycles. The van der Waals surface area contributed by atoms with Gasteiger partial charge in [0.1, 0.15) is 0 Å². The molecule has 0 amide bonds. The fourth-order valence-corrected chi connectivity index (χ4v) is 2.10. The molecule has 100 valence electrons. The number of nitrogens with zero attached hydrogens (tertiary/aromatic N) is 1. The van der Waals surface area contributed by atoms with Gasteiger partial charge in [-0.25, -0.2) is 0 Å².